The Morgan fingerprint density at radius 2 is 2.00 bits per heavy atom. The van der Waals surface area contributed by atoms with E-state index in [-0.39, 0.29) is 18.5 Å². The van der Waals surface area contributed by atoms with E-state index in [0.717, 1.165) is 17.0 Å². The van der Waals surface area contributed by atoms with Crippen LogP contribution in [0.15, 0.2) is 48.5 Å². The topological polar surface area (TPSA) is 97.3 Å². The van der Waals surface area contributed by atoms with Crippen LogP contribution in [0.25, 0.3) is 0 Å². The second-order valence-electron chi connectivity index (χ2n) is 7.15. The lowest BCUT2D eigenvalue weighted by atomic mass is 10.2. The molecule has 0 radical (unpaired) electrons. The number of carbonyl (C=O) groups excluding carboxylic acids is 2. The summed E-state index contributed by atoms with van der Waals surface area (Å²) in [6, 6.07) is 14.9. The minimum Gasteiger partial charge on any atom is -0.482 e. The molecule has 2 heterocycles. The average molecular weight is 405 g/mol. The van der Waals surface area contributed by atoms with Crippen LogP contribution < -0.4 is 20.7 Å². The molecule has 1 aliphatic rings. The van der Waals surface area contributed by atoms with Gasteiger partial charge in [-0.25, -0.2) is 4.79 Å². The van der Waals surface area contributed by atoms with Gasteiger partial charge in [-0.05, 0) is 31.5 Å². The van der Waals surface area contributed by atoms with E-state index in [9.17, 15) is 9.59 Å². The number of amides is 3. The van der Waals surface area contributed by atoms with Crippen molar-refractivity contribution in [1.29, 1.82) is 0 Å². The molecule has 2 aromatic carbocycles. The average Bonchev–Trinajstić information content (AvgIpc) is 3.00. The van der Waals surface area contributed by atoms with Gasteiger partial charge in [-0.1, -0.05) is 30.3 Å². The number of ether oxygens (including phenoxy) is 1. The zero-order valence-electron chi connectivity index (χ0n) is 16.9. The van der Waals surface area contributed by atoms with E-state index >= 15 is 0 Å². The van der Waals surface area contributed by atoms with Gasteiger partial charge in [0.25, 0.3) is 5.91 Å². The SMILES string of the molecule is Cc1nn(Cc2ccccc2)c(C)c1CNC(=O)Nc1ccc2c(c1)OCC(=O)N2. The highest BCUT2D eigenvalue weighted by atomic mass is 16.5. The Hall–Kier alpha value is -3.81. The van der Waals surface area contributed by atoms with Crippen LogP contribution in [0.1, 0.15) is 22.5 Å². The molecule has 0 saturated heterocycles. The van der Waals surface area contributed by atoms with Crippen molar-refractivity contribution in [3.8, 4) is 5.75 Å². The first-order chi connectivity index (χ1) is 14.5. The summed E-state index contributed by atoms with van der Waals surface area (Å²) in [5.41, 5.74) is 5.25. The molecule has 0 spiro atoms. The third-order valence-corrected chi connectivity index (χ3v) is 5.00. The van der Waals surface area contributed by atoms with Crippen molar-refractivity contribution >= 4 is 23.3 Å². The van der Waals surface area contributed by atoms with E-state index in [4.69, 9.17) is 4.74 Å². The predicted octanol–water partition coefficient (Wildman–Crippen LogP) is 3.20. The molecular formula is C22H23N5O3. The van der Waals surface area contributed by atoms with Crippen LogP contribution in [-0.4, -0.2) is 28.3 Å². The number of fused-ring (bicyclic) bond motifs is 1. The molecule has 0 fully saturated rings. The summed E-state index contributed by atoms with van der Waals surface area (Å²) in [6.07, 6.45) is 0. The number of nitrogens with one attached hydrogen (secondary N) is 3. The number of urea groups is 1. The molecule has 3 N–H and O–H groups in total. The van der Waals surface area contributed by atoms with E-state index in [0.29, 0.717) is 30.2 Å². The molecule has 0 saturated carbocycles. The molecule has 154 valence electrons. The predicted molar refractivity (Wildman–Crippen MR) is 114 cm³/mol. The summed E-state index contributed by atoms with van der Waals surface area (Å²) in [5.74, 6) is 0.334. The standard InChI is InChI=1S/C22H23N5O3/c1-14-18(15(2)27(26-14)12-16-6-4-3-5-7-16)11-23-22(29)24-17-8-9-19-20(10-17)30-13-21(28)25-19/h3-10H,11-13H2,1-2H3,(H,25,28)(H2,23,24,29). The molecule has 0 unspecified atom stereocenters. The van der Waals surface area contributed by atoms with Gasteiger partial charge in [0.1, 0.15) is 5.75 Å². The van der Waals surface area contributed by atoms with Crippen LogP contribution in [0.5, 0.6) is 5.75 Å². The van der Waals surface area contributed by atoms with E-state index in [1.165, 1.54) is 5.56 Å². The molecule has 30 heavy (non-hydrogen) atoms. The van der Waals surface area contributed by atoms with Crippen molar-refractivity contribution < 1.29 is 14.3 Å². The van der Waals surface area contributed by atoms with Crippen molar-refractivity contribution in [1.82, 2.24) is 15.1 Å². The van der Waals surface area contributed by atoms with Gasteiger partial charge in [0, 0.05) is 29.6 Å². The van der Waals surface area contributed by atoms with Gasteiger partial charge in [0.15, 0.2) is 6.61 Å². The number of rotatable bonds is 5. The number of carbonyl (C=O) groups is 2. The summed E-state index contributed by atoms with van der Waals surface area (Å²) in [5, 5.41) is 13.0. The van der Waals surface area contributed by atoms with Gasteiger partial charge in [0.2, 0.25) is 0 Å². The molecule has 0 aliphatic carbocycles. The van der Waals surface area contributed by atoms with Crippen LogP contribution in [0.2, 0.25) is 0 Å². The maximum atomic E-state index is 12.4. The zero-order chi connectivity index (χ0) is 21.1. The Bertz CT molecular complexity index is 1090. The van der Waals surface area contributed by atoms with Crippen LogP contribution in [0, 0.1) is 13.8 Å². The first kappa shape index (κ1) is 19.5. The number of benzene rings is 2. The molecule has 4 rings (SSSR count). The fourth-order valence-electron chi connectivity index (χ4n) is 3.40. The van der Waals surface area contributed by atoms with E-state index in [1.807, 2.05) is 36.7 Å². The van der Waals surface area contributed by atoms with E-state index < -0.39 is 0 Å². The van der Waals surface area contributed by atoms with Crippen LogP contribution in [-0.2, 0) is 17.9 Å². The Kier molecular flexibility index (Phi) is 5.38. The van der Waals surface area contributed by atoms with Crippen molar-refractivity contribution in [2.75, 3.05) is 17.2 Å². The number of hydrogen-bond donors (Lipinski definition) is 3. The van der Waals surface area contributed by atoms with Crippen LogP contribution in [0.3, 0.4) is 0 Å². The largest absolute Gasteiger partial charge is 0.482 e. The number of aryl methyl sites for hydroxylation is 1. The summed E-state index contributed by atoms with van der Waals surface area (Å²) in [4.78, 5) is 23.7. The van der Waals surface area contributed by atoms with Crippen molar-refractivity contribution in [3.05, 3.63) is 71.0 Å². The van der Waals surface area contributed by atoms with E-state index in [1.54, 1.807) is 18.2 Å². The molecule has 0 atom stereocenters. The normalized spacial score (nSPS) is 12.5. The molecule has 1 aliphatic heterocycles. The summed E-state index contributed by atoms with van der Waals surface area (Å²) in [6.45, 7) is 4.97. The van der Waals surface area contributed by atoms with Gasteiger partial charge in [-0.3, -0.25) is 9.48 Å². The lowest BCUT2D eigenvalue weighted by Crippen LogP contribution is -2.29. The van der Waals surface area contributed by atoms with Gasteiger partial charge >= 0.3 is 6.03 Å². The van der Waals surface area contributed by atoms with E-state index in [2.05, 4.69) is 33.2 Å². The molecule has 8 nitrogen and oxygen atoms in total. The Balaban J connectivity index is 1.38. The summed E-state index contributed by atoms with van der Waals surface area (Å²) >= 11 is 0. The lowest BCUT2D eigenvalue weighted by molar-refractivity contribution is -0.118. The van der Waals surface area contributed by atoms with Gasteiger partial charge in [-0.2, -0.15) is 5.10 Å². The smallest absolute Gasteiger partial charge is 0.319 e. The molecule has 8 heteroatoms. The molecule has 3 amide bonds. The monoisotopic (exact) mass is 405 g/mol. The Morgan fingerprint density at radius 3 is 2.80 bits per heavy atom. The van der Waals surface area contributed by atoms with Gasteiger partial charge < -0.3 is 20.7 Å². The first-order valence-corrected chi connectivity index (χ1v) is 9.68. The van der Waals surface area contributed by atoms with Crippen LogP contribution >= 0.6 is 0 Å². The summed E-state index contributed by atoms with van der Waals surface area (Å²) in [7, 11) is 0. The minimum absolute atomic E-state index is 0.0336. The van der Waals surface area contributed by atoms with Gasteiger partial charge in [-0.15, -0.1) is 0 Å². The minimum atomic E-state index is -0.329. The first-order valence-electron chi connectivity index (χ1n) is 9.68. The van der Waals surface area contributed by atoms with Crippen molar-refractivity contribution in [3.63, 3.8) is 0 Å². The summed E-state index contributed by atoms with van der Waals surface area (Å²) < 4.78 is 7.33. The second kappa shape index (κ2) is 8.28. The van der Waals surface area contributed by atoms with Crippen molar-refractivity contribution in [2.45, 2.75) is 26.9 Å². The fraction of sp³-hybridized carbons (Fsp3) is 0.227. The quantitative estimate of drug-likeness (QED) is 0.607. The second-order valence-corrected chi connectivity index (χ2v) is 7.15. The third kappa shape index (κ3) is 4.27. The highest BCUT2D eigenvalue weighted by Gasteiger charge is 2.17. The number of anilines is 2. The van der Waals surface area contributed by atoms with Crippen molar-refractivity contribution in [2.24, 2.45) is 0 Å². The highest BCUT2D eigenvalue weighted by Crippen LogP contribution is 2.30. The maximum Gasteiger partial charge on any atom is 0.319 e. The maximum absolute atomic E-state index is 12.4. The third-order valence-electron chi connectivity index (χ3n) is 5.00. The zero-order valence-corrected chi connectivity index (χ0v) is 16.9. The molecule has 1 aromatic heterocycles. The number of aromatic nitrogens is 2. The van der Waals surface area contributed by atoms with Gasteiger partial charge in [0.05, 0.1) is 17.9 Å². The Labute approximate surface area is 174 Å². The van der Waals surface area contributed by atoms with Crippen LogP contribution in [0.4, 0.5) is 16.2 Å². The molecular weight excluding hydrogens is 382 g/mol. The fourth-order valence-corrected chi connectivity index (χ4v) is 3.40. The highest BCUT2D eigenvalue weighted by molar-refractivity contribution is 5.96. The number of nitrogens with zero attached hydrogens (tertiary/aromatic N) is 2. The molecule has 3 aromatic rings. The Morgan fingerprint density at radius 1 is 1.20 bits per heavy atom. The number of hydrogen-bond acceptors (Lipinski definition) is 4. The lowest BCUT2D eigenvalue weighted by Gasteiger charge is -2.18. The molecule has 0 bridgehead atoms.